The molecule has 0 bridgehead atoms. The van der Waals surface area contributed by atoms with Crippen molar-refractivity contribution in [2.45, 2.75) is 36.7 Å². The van der Waals surface area contributed by atoms with Gasteiger partial charge < -0.3 is 4.74 Å². The predicted molar refractivity (Wildman–Crippen MR) is 68.5 cm³/mol. The van der Waals surface area contributed by atoms with Crippen molar-refractivity contribution in [1.82, 2.24) is 0 Å². The maximum Gasteiger partial charge on any atom is 0.333 e. The lowest BCUT2D eigenvalue weighted by Crippen LogP contribution is -2.06. The summed E-state index contributed by atoms with van der Waals surface area (Å²) in [7, 11) is -0.308. The van der Waals surface area contributed by atoms with Crippen LogP contribution in [0.5, 0.6) is 0 Å². The molecule has 0 N–H and O–H groups in total. The maximum absolute atomic E-state index is 11.0. The number of hydrogen-bond donors (Lipinski definition) is 0. The van der Waals surface area contributed by atoms with Gasteiger partial charge in [-0.15, -0.1) is 23.2 Å². The zero-order chi connectivity index (χ0) is 11.7. The lowest BCUT2D eigenvalue weighted by molar-refractivity contribution is -0.139. The molecule has 0 aromatic heterocycles. The van der Waals surface area contributed by atoms with Gasteiger partial charge in [0.25, 0.3) is 0 Å². The van der Waals surface area contributed by atoms with Crippen molar-refractivity contribution in [3.05, 3.63) is 12.2 Å². The van der Waals surface area contributed by atoms with Crippen LogP contribution in [0, 0.1) is 0 Å². The van der Waals surface area contributed by atoms with Crippen LogP contribution in [-0.2, 0) is 9.53 Å². The van der Waals surface area contributed by atoms with Crippen molar-refractivity contribution in [3.8, 4) is 0 Å². The summed E-state index contributed by atoms with van der Waals surface area (Å²) in [6, 6.07) is 1.16. The van der Waals surface area contributed by atoms with Crippen LogP contribution in [-0.4, -0.2) is 26.6 Å². The highest BCUT2D eigenvalue weighted by molar-refractivity contribution is 6.68. The molecule has 0 aliphatic heterocycles. The Morgan fingerprint density at radius 2 is 2.07 bits per heavy atom. The average Bonchev–Trinajstić information content (AvgIpc) is 2.15. The Bertz CT molecular complexity index is 208. The first-order valence-electron chi connectivity index (χ1n) is 5.15. The molecule has 88 valence electrons. The monoisotopic (exact) mass is 268 g/mol. The minimum atomic E-state index is -0.308. The maximum atomic E-state index is 11.0. The molecule has 0 aliphatic rings. The summed E-state index contributed by atoms with van der Waals surface area (Å²) < 4.78 is 4.83. The normalized spacial score (nSPS) is 11.2. The van der Waals surface area contributed by atoms with E-state index in [1.54, 1.807) is 6.92 Å². The lowest BCUT2D eigenvalue weighted by atomic mass is 10.3. The molecule has 0 radical (unpaired) electrons. The number of ether oxygens (including phenoxy) is 1. The second-order valence-electron chi connectivity index (χ2n) is 3.51. The van der Waals surface area contributed by atoms with Crippen molar-refractivity contribution in [2.75, 3.05) is 6.61 Å². The molecule has 0 saturated carbocycles. The summed E-state index contributed by atoms with van der Waals surface area (Å²) in [6.07, 6.45) is 3.10. The Hall–Kier alpha value is 0.00688. The number of alkyl halides is 2. The minimum absolute atomic E-state index is 0.119. The fraction of sp³-hybridized carbons (Fsp3) is 0.700. The molecule has 0 heterocycles. The number of rotatable bonds is 8. The number of carbonyl (C=O) groups excluding carboxylic acids is 1. The highest BCUT2D eigenvalue weighted by Crippen LogP contribution is 2.06. The van der Waals surface area contributed by atoms with Crippen molar-refractivity contribution in [1.29, 1.82) is 0 Å². The average molecular weight is 269 g/mol. The van der Waals surface area contributed by atoms with Gasteiger partial charge in [0, 0.05) is 5.57 Å². The van der Waals surface area contributed by atoms with Crippen LogP contribution in [0.2, 0.25) is 6.04 Å². The quantitative estimate of drug-likeness (QED) is 0.223. The molecule has 0 amide bonds. The van der Waals surface area contributed by atoms with Crippen molar-refractivity contribution >= 4 is 38.7 Å². The third-order valence-corrected chi connectivity index (χ3v) is 4.55. The first-order chi connectivity index (χ1) is 7.04. The Labute approximate surface area is 104 Å². The smallest absolute Gasteiger partial charge is 0.333 e. The van der Waals surface area contributed by atoms with E-state index in [0.717, 1.165) is 25.3 Å². The van der Waals surface area contributed by atoms with Crippen LogP contribution in [0.15, 0.2) is 12.2 Å². The zero-order valence-electron chi connectivity index (χ0n) is 9.10. The molecule has 0 fully saturated rings. The Kier molecular flexibility index (Phi) is 9.25. The summed E-state index contributed by atoms with van der Waals surface area (Å²) in [5.41, 5.74) is 0.453. The van der Waals surface area contributed by atoms with Gasteiger partial charge in [-0.25, -0.2) is 4.79 Å². The molecule has 5 heteroatoms. The number of hydrogen-bond acceptors (Lipinski definition) is 2. The van der Waals surface area contributed by atoms with Crippen molar-refractivity contribution in [2.24, 2.45) is 0 Å². The summed E-state index contributed by atoms with van der Waals surface area (Å²) in [6.45, 7) is 5.64. The van der Waals surface area contributed by atoms with Gasteiger partial charge in [0.1, 0.15) is 0 Å². The van der Waals surface area contributed by atoms with Gasteiger partial charge in [-0.2, -0.15) is 0 Å². The highest BCUT2D eigenvalue weighted by Gasteiger charge is 2.02. The van der Waals surface area contributed by atoms with E-state index in [9.17, 15) is 4.79 Å². The molecule has 0 rings (SSSR count). The molecule has 0 aromatic rings. The van der Waals surface area contributed by atoms with Gasteiger partial charge in [-0.05, 0) is 13.3 Å². The fourth-order valence-electron chi connectivity index (χ4n) is 1.04. The third-order valence-electron chi connectivity index (χ3n) is 1.90. The third kappa shape index (κ3) is 10.3. The lowest BCUT2D eigenvalue weighted by Gasteiger charge is -2.04. The van der Waals surface area contributed by atoms with E-state index in [1.165, 1.54) is 0 Å². The fourth-order valence-corrected chi connectivity index (χ4v) is 2.92. The van der Waals surface area contributed by atoms with E-state index in [4.69, 9.17) is 27.9 Å². The zero-order valence-corrected chi connectivity index (χ0v) is 12.0. The summed E-state index contributed by atoms with van der Waals surface area (Å²) in [5.74, 6) is -0.300. The number of unbranched alkanes of at least 4 members (excludes halogenated alkanes) is 2. The van der Waals surface area contributed by atoms with E-state index >= 15 is 0 Å². The van der Waals surface area contributed by atoms with E-state index in [-0.39, 0.29) is 19.9 Å². The molecule has 0 saturated heterocycles. The molecule has 0 spiro atoms. The van der Waals surface area contributed by atoms with Crippen LogP contribution in [0.3, 0.4) is 0 Å². The largest absolute Gasteiger partial charge is 0.462 e. The molecule has 0 aromatic carbocycles. The van der Waals surface area contributed by atoms with Crippen LogP contribution < -0.4 is 0 Å². The van der Waals surface area contributed by atoms with E-state index in [0.29, 0.717) is 12.2 Å². The van der Waals surface area contributed by atoms with Crippen molar-refractivity contribution in [3.63, 3.8) is 0 Å². The molecular formula is C10H18Cl2O2Si. The minimum Gasteiger partial charge on any atom is -0.462 e. The van der Waals surface area contributed by atoms with Crippen LogP contribution in [0.4, 0.5) is 0 Å². The van der Waals surface area contributed by atoms with Crippen LogP contribution in [0.25, 0.3) is 0 Å². The first-order valence-corrected chi connectivity index (χ1v) is 7.83. The molecule has 2 nitrogen and oxygen atoms in total. The van der Waals surface area contributed by atoms with Crippen molar-refractivity contribution < 1.29 is 9.53 Å². The molecule has 0 unspecified atom stereocenters. The second kappa shape index (κ2) is 9.25. The number of esters is 1. The second-order valence-corrected chi connectivity index (χ2v) is 7.92. The SMILES string of the molecule is C=C(C)C(=O)OCCCCC[SiH2]C(Cl)Cl. The summed E-state index contributed by atoms with van der Waals surface area (Å²) in [5, 5.41) is 0. The van der Waals surface area contributed by atoms with Crippen LogP contribution in [0.1, 0.15) is 26.2 Å². The van der Waals surface area contributed by atoms with E-state index in [1.807, 2.05) is 0 Å². The van der Waals surface area contributed by atoms with Gasteiger partial charge in [-0.3, -0.25) is 0 Å². The number of carbonyl (C=O) groups is 1. The molecular weight excluding hydrogens is 251 g/mol. The van der Waals surface area contributed by atoms with Gasteiger partial charge in [0.05, 0.1) is 20.6 Å². The Balaban J connectivity index is 3.18. The van der Waals surface area contributed by atoms with Gasteiger partial charge in [-0.1, -0.05) is 25.5 Å². The molecule has 0 atom stereocenters. The van der Waals surface area contributed by atoms with Gasteiger partial charge in [0.15, 0.2) is 0 Å². The Morgan fingerprint density at radius 3 is 2.60 bits per heavy atom. The number of halogens is 2. The van der Waals surface area contributed by atoms with Gasteiger partial charge >= 0.3 is 5.97 Å². The highest BCUT2D eigenvalue weighted by atomic mass is 35.5. The standard InChI is InChI=1S/C10H18Cl2O2Si/c1-8(2)9(13)14-6-4-3-5-7-15-10(11)12/h10H,1,3-7,15H2,2H3. The van der Waals surface area contributed by atoms with E-state index in [2.05, 4.69) is 6.58 Å². The summed E-state index contributed by atoms with van der Waals surface area (Å²) in [4.78, 5) is 11.0. The topological polar surface area (TPSA) is 26.3 Å². The Morgan fingerprint density at radius 1 is 1.40 bits per heavy atom. The molecule has 0 aliphatic carbocycles. The molecule has 15 heavy (non-hydrogen) atoms. The predicted octanol–water partition coefficient (Wildman–Crippen LogP) is 2.62. The summed E-state index contributed by atoms with van der Waals surface area (Å²) >= 11 is 11.3. The van der Waals surface area contributed by atoms with Crippen LogP contribution >= 0.6 is 23.2 Å². The van der Waals surface area contributed by atoms with Gasteiger partial charge in [0.2, 0.25) is 0 Å². The van der Waals surface area contributed by atoms with E-state index < -0.39 is 0 Å². The first kappa shape index (κ1) is 15.0.